The summed E-state index contributed by atoms with van der Waals surface area (Å²) in [6.07, 6.45) is 0. The van der Waals surface area contributed by atoms with Crippen molar-refractivity contribution in [2.75, 3.05) is 5.73 Å². The number of rotatable bonds is 3. The Kier molecular flexibility index (Phi) is 4.25. The van der Waals surface area contributed by atoms with E-state index in [4.69, 9.17) is 17.3 Å². The number of hydrogen-bond donors (Lipinski definition) is 2. The predicted molar refractivity (Wildman–Crippen MR) is 78.2 cm³/mol. The monoisotopic (exact) mass is 292 g/mol. The molecule has 0 spiro atoms. The molecule has 0 fully saturated rings. The number of nitrogens with two attached hydrogens (primary N) is 1. The summed E-state index contributed by atoms with van der Waals surface area (Å²) in [7, 11) is 0. The van der Waals surface area contributed by atoms with E-state index in [9.17, 15) is 9.18 Å². The van der Waals surface area contributed by atoms with Gasteiger partial charge in [-0.2, -0.15) is 0 Å². The maximum Gasteiger partial charge on any atom is 0.251 e. The van der Waals surface area contributed by atoms with Crippen molar-refractivity contribution >= 4 is 23.2 Å². The molecule has 0 saturated carbocycles. The first-order valence-corrected chi connectivity index (χ1v) is 6.43. The molecule has 0 unspecified atom stereocenters. The van der Waals surface area contributed by atoms with E-state index in [2.05, 4.69) is 5.32 Å². The molecule has 104 valence electrons. The summed E-state index contributed by atoms with van der Waals surface area (Å²) in [5.74, 6) is -0.681. The standard InChI is InChI=1S/C15H14ClFN2O/c1-9-6-11(18)3-4-12(9)15(20)19-8-10-2-5-14(17)13(16)7-10/h2-7H,8,18H2,1H3,(H,19,20). The Labute approximate surface area is 121 Å². The van der Waals surface area contributed by atoms with Gasteiger partial charge in [0, 0.05) is 17.8 Å². The molecule has 5 heteroatoms. The van der Waals surface area contributed by atoms with Crippen LogP contribution in [0.4, 0.5) is 10.1 Å². The van der Waals surface area contributed by atoms with E-state index in [1.165, 1.54) is 12.1 Å². The minimum Gasteiger partial charge on any atom is -0.399 e. The lowest BCUT2D eigenvalue weighted by atomic mass is 10.1. The van der Waals surface area contributed by atoms with Crippen LogP contribution in [0.2, 0.25) is 5.02 Å². The quantitative estimate of drug-likeness (QED) is 0.853. The predicted octanol–water partition coefficient (Wildman–Crippen LogP) is 3.30. The van der Waals surface area contributed by atoms with Crippen molar-refractivity contribution in [3.63, 3.8) is 0 Å². The van der Waals surface area contributed by atoms with Gasteiger partial charge in [0.05, 0.1) is 5.02 Å². The largest absolute Gasteiger partial charge is 0.399 e. The lowest BCUT2D eigenvalue weighted by molar-refractivity contribution is 0.0950. The number of hydrogen-bond acceptors (Lipinski definition) is 2. The zero-order chi connectivity index (χ0) is 14.7. The average molecular weight is 293 g/mol. The zero-order valence-corrected chi connectivity index (χ0v) is 11.7. The summed E-state index contributed by atoms with van der Waals surface area (Å²) in [5.41, 5.74) is 8.36. The number of aryl methyl sites for hydroxylation is 1. The van der Waals surface area contributed by atoms with Crippen molar-refractivity contribution in [1.82, 2.24) is 5.32 Å². The third-order valence-corrected chi connectivity index (χ3v) is 3.22. The van der Waals surface area contributed by atoms with Crippen LogP contribution in [0, 0.1) is 12.7 Å². The molecule has 0 aromatic heterocycles. The number of carbonyl (C=O) groups excluding carboxylic acids is 1. The molecule has 0 heterocycles. The number of amides is 1. The molecule has 0 bridgehead atoms. The van der Waals surface area contributed by atoms with Crippen LogP contribution >= 0.6 is 11.6 Å². The molecule has 2 aromatic rings. The van der Waals surface area contributed by atoms with Gasteiger partial charge in [-0.1, -0.05) is 17.7 Å². The lowest BCUT2D eigenvalue weighted by Crippen LogP contribution is -2.23. The van der Waals surface area contributed by atoms with E-state index in [0.717, 1.165) is 11.1 Å². The lowest BCUT2D eigenvalue weighted by Gasteiger charge is -2.09. The minimum absolute atomic E-state index is 0.0421. The molecule has 3 nitrogen and oxygen atoms in total. The minimum atomic E-state index is -0.476. The Balaban J connectivity index is 2.06. The second-order valence-electron chi connectivity index (χ2n) is 4.51. The highest BCUT2D eigenvalue weighted by molar-refractivity contribution is 6.30. The van der Waals surface area contributed by atoms with Gasteiger partial charge in [0.15, 0.2) is 0 Å². The summed E-state index contributed by atoms with van der Waals surface area (Å²) in [6.45, 7) is 2.10. The van der Waals surface area contributed by atoms with Crippen molar-refractivity contribution in [3.05, 3.63) is 63.9 Å². The molecule has 20 heavy (non-hydrogen) atoms. The summed E-state index contributed by atoms with van der Waals surface area (Å²) in [5, 5.41) is 2.80. The molecule has 2 rings (SSSR count). The number of benzene rings is 2. The SMILES string of the molecule is Cc1cc(N)ccc1C(=O)NCc1ccc(F)c(Cl)c1. The molecular weight excluding hydrogens is 279 g/mol. The van der Waals surface area contributed by atoms with Crippen molar-refractivity contribution in [3.8, 4) is 0 Å². The molecule has 0 saturated heterocycles. The molecule has 0 atom stereocenters. The Morgan fingerprint density at radius 1 is 1.30 bits per heavy atom. The van der Waals surface area contributed by atoms with Gasteiger partial charge in [-0.05, 0) is 48.4 Å². The van der Waals surface area contributed by atoms with Crippen molar-refractivity contribution in [1.29, 1.82) is 0 Å². The average Bonchev–Trinajstić information content (AvgIpc) is 2.40. The smallest absolute Gasteiger partial charge is 0.251 e. The van der Waals surface area contributed by atoms with Crippen molar-refractivity contribution in [2.45, 2.75) is 13.5 Å². The molecule has 2 aromatic carbocycles. The number of carbonyl (C=O) groups is 1. The Hall–Kier alpha value is -2.07. The first-order chi connectivity index (χ1) is 9.47. The fraction of sp³-hybridized carbons (Fsp3) is 0.133. The summed E-state index contributed by atoms with van der Waals surface area (Å²) in [4.78, 5) is 12.0. The first kappa shape index (κ1) is 14.3. The molecule has 1 amide bonds. The fourth-order valence-corrected chi connectivity index (χ4v) is 2.07. The Morgan fingerprint density at radius 2 is 2.05 bits per heavy atom. The van der Waals surface area contributed by atoms with Gasteiger partial charge in [0.25, 0.3) is 5.91 Å². The molecular formula is C15H14ClFN2O. The maximum atomic E-state index is 13.0. The topological polar surface area (TPSA) is 55.1 Å². The van der Waals surface area contributed by atoms with Gasteiger partial charge >= 0.3 is 0 Å². The number of anilines is 1. The molecule has 0 aliphatic carbocycles. The van der Waals surface area contributed by atoms with Crippen LogP contribution in [0.3, 0.4) is 0 Å². The van der Waals surface area contributed by atoms with E-state index >= 15 is 0 Å². The van der Waals surface area contributed by atoms with Crippen LogP contribution in [0.25, 0.3) is 0 Å². The van der Waals surface area contributed by atoms with E-state index in [-0.39, 0.29) is 17.5 Å². The second kappa shape index (κ2) is 5.92. The summed E-state index contributed by atoms with van der Waals surface area (Å²) < 4.78 is 13.0. The van der Waals surface area contributed by atoms with Crippen LogP contribution in [0.15, 0.2) is 36.4 Å². The van der Waals surface area contributed by atoms with E-state index in [0.29, 0.717) is 11.3 Å². The summed E-state index contributed by atoms with van der Waals surface area (Å²) in [6, 6.07) is 9.45. The number of nitrogen functional groups attached to an aromatic ring is 1. The van der Waals surface area contributed by atoms with Gasteiger partial charge in [-0.15, -0.1) is 0 Å². The highest BCUT2D eigenvalue weighted by atomic mass is 35.5. The van der Waals surface area contributed by atoms with Crippen LogP contribution in [-0.4, -0.2) is 5.91 Å². The maximum absolute atomic E-state index is 13.0. The highest BCUT2D eigenvalue weighted by Gasteiger charge is 2.09. The first-order valence-electron chi connectivity index (χ1n) is 6.05. The number of nitrogens with one attached hydrogen (secondary N) is 1. The van der Waals surface area contributed by atoms with E-state index in [1.54, 1.807) is 24.3 Å². The third kappa shape index (κ3) is 3.27. The fourth-order valence-electron chi connectivity index (χ4n) is 1.87. The third-order valence-electron chi connectivity index (χ3n) is 2.93. The Morgan fingerprint density at radius 3 is 2.70 bits per heavy atom. The van der Waals surface area contributed by atoms with E-state index < -0.39 is 5.82 Å². The van der Waals surface area contributed by atoms with Crippen molar-refractivity contribution in [2.24, 2.45) is 0 Å². The Bertz CT molecular complexity index is 658. The van der Waals surface area contributed by atoms with Gasteiger partial charge in [-0.3, -0.25) is 4.79 Å². The normalized spacial score (nSPS) is 10.3. The zero-order valence-electron chi connectivity index (χ0n) is 10.9. The highest BCUT2D eigenvalue weighted by Crippen LogP contribution is 2.16. The molecule has 3 N–H and O–H groups in total. The van der Waals surface area contributed by atoms with Crippen LogP contribution < -0.4 is 11.1 Å². The van der Waals surface area contributed by atoms with Gasteiger partial charge in [-0.25, -0.2) is 4.39 Å². The summed E-state index contributed by atoms with van der Waals surface area (Å²) >= 11 is 5.69. The molecule has 0 radical (unpaired) electrons. The van der Waals surface area contributed by atoms with E-state index in [1.807, 2.05) is 6.92 Å². The van der Waals surface area contributed by atoms with Gasteiger partial charge < -0.3 is 11.1 Å². The van der Waals surface area contributed by atoms with Crippen LogP contribution in [-0.2, 0) is 6.54 Å². The molecule has 0 aliphatic heterocycles. The molecule has 0 aliphatic rings. The number of halogens is 2. The van der Waals surface area contributed by atoms with Crippen LogP contribution in [0.5, 0.6) is 0 Å². The van der Waals surface area contributed by atoms with Gasteiger partial charge in [0.2, 0.25) is 0 Å². The van der Waals surface area contributed by atoms with Gasteiger partial charge in [0.1, 0.15) is 5.82 Å². The van der Waals surface area contributed by atoms with Crippen LogP contribution in [0.1, 0.15) is 21.5 Å². The van der Waals surface area contributed by atoms with Crippen molar-refractivity contribution < 1.29 is 9.18 Å². The second-order valence-corrected chi connectivity index (χ2v) is 4.91.